The number of aliphatic hydroxyl groups excluding tert-OH is 1. The average Bonchev–Trinajstić information content (AvgIpc) is 3.01. The van der Waals surface area contributed by atoms with Gasteiger partial charge in [0.25, 0.3) is 5.56 Å². The van der Waals surface area contributed by atoms with Crippen LogP contribution in [0.4, 0.5) is 0 Å². The maximum absolute atomic E-state index is 13.6. The van der Waals surface area contributed by atoms with E-state index in [0.717, 1.165) is 16.8 Å². The standard InChI is InChI=1S/C22H30N3O10P/c1-13(2)33-19(28)14(3)24-36(31,35-15-8-6-5-7-9-15)32-12-16-18(27)22(4,30)20(34-16)25-11-10-17(26)23-21(25)29/h5-11,13-14,16,18,20,27,30H,12H2,1-4H3,(H,24,31)(H,23,26,29)/t14-,16+,18+,20+,22?,36?/m0/s1. The van der Waals surface area contributed by atoms with E-state index in [-0.39, 0.29) is 5.75 Å². The van der Waals surface area contributed by atoms with Gasteiger partial charge < -0.3 is 24.2 Å². The number of H-pyrrole nitrogens is 1. The Kier molecular flexibility index (Phi) is 8.55. The van der Waals surface area contributed by atoms with Crippen molar-refractivity contribution in [2.45, 2.75) is 63.9 Å². The van der Waals surface area contributed by atoms with E-state index in [1.165, 1.54) is 26.0 Å². The topological polar surface area (TPSA) is 178 Å². The van der Waals surface area contributed by atoms with E-state index < -0.39 is 67.8 Å². The number of rotatable bonds is 10. The summed E-state index contributed by atoms with van der Waals surface area (Å²) in [6, 6.07) is 8.02. The number of aliphatic hydroxyl groups is 2. The summed E-state index contributed by atoms with van der Waals surface area (Å²) in [5.41, 5.74) is -3.49. The zero-order valence-corrected chi connectivity index (χ0v) is 21.1. The lowest BCUT2D eigenvalue weighted by Crippen LogP contribution is -2.47. The molecule has 6 atom stereocenters. The van der Waals surface area contributed by atoms with E-state index in [2.05, 4.69) is 5.09 Å². The molecule has 0 saturated carbocycles. The predicted molar refractivity (Wildman–Crippen MR) is 126 cm³/mol. The largest absolute Gasteiger partial charge is 0.462 e. The van der Waals surface area contributed by atoms with Crippen molar-refractivity contribution in [2.24, 2.45) is 0 Å². The van der Waals surface area contributed by atoms with Crippen molar-refractivity contribution in [3.63, 3.8) is 0 Å². The van der Waals surface area contributed by atoms with E-state index in [1.54, 1.807) is 32.0 Å². The zero-order chi connectivity index (χ0) is 26.7. The van der Waals surface area contributed by atoms with Gasteiger partial charge in [0.05, 0.1) is 12.7 Å². The van der Waals surface area contributed by atoms with Crippen LogP contribution in [0.15, 0.2) is 52.2 Å². The highest BCUT2D eigenvalue weighted by Crippen LogP contribution is 2.46. The molecular weight excluding hydrogens is 497 g/mol. The van der Waals surface area contributed by atoms with Crippen molar-refractivity contribution in [3.8, 4) is 5.75 Å². The number of hydrogen-bond acceptors (Lipinski definition) is 10. The van der Waals surface area contributed by atoms with Gasteiger partial charge in [0.15, 0.2) is 6.23 Å². The normalized spacial score (nSPS) is 26.4. The minimum absolute atomic E-state index is 0.176. The van der Waals surface area contributed by atoms with Crippen molar-refractivity contribution < 1.29 is 38.1 Å². The van der Waals surface area contributed by atoms with Gasteiger partial charge in [-0.1, -0.05) is 18.2 Å². The van der Waals surface area contributed by atoms with Gasteiger partial charge in [-0.3, -0.25) is 23.7 Å². The van der Waals surface area contributed by atoms with Crippen molar-refractivity contribution in [1.82, 2.24) is 14.6 Å². The summed E-state index contributed by atoms with van der Waals surface area (Å²) in [4.78, 5) is 37.9. The molecule has 0 spiro atoms. The lowest BCUT2D eigenvalue weighted by Gasteiger charge is -2.27. The number of esters is 1. The van der Waals surface area contributed by atoms with Crippen LogP contribution in [0.2, 0.25) is 0 Å². The summed E-state index contributed by atoms with van der Waals surface area (Å²) in [6.45, 7) is 5.42. The van der Waals surface area contributed by atoms with Crippen molar-refractivity contribution in [1.29, 1.82) is 0 Å². The average molecular weight is 527 g/mol. The number of hydrogen-bond donors (Lipinski definition) is 4. The summed E-state index contributed by atoms with van der Waals surface area (Å²) in [7, 11) is -4.26. The molecule has 0 aliphatic carbocycles. The molecule has 198 valence electrons. The van der Waals surface area contributed by atoms with E-state index in [0.29, 0.717) is 0 Å². The lowest BCUT2D eigenvalue weighted by molar-refractivity contribution is -0.149. The number of ether oxygens (including phenoxy) is 2. The Bertz CT molecular complexity index is 1210. The summed E-state index contributed by atoms with van der Waals surface area (Å²) in [6.07, 6.45) is -3.54. The van der Waals surface area contributed by atoms with Gasteiger partial charge in [-0.25, -0.2) is 9.36 Å². The smallest absolute Gasteiger partial charge is 0.459 e. The van der Waals surface area contributed by atoms with Gasteiger partial charge in [-0.05, 0) is 39.8 Å². The molecule has 14 heteroatoms. The van der Waals surface area contributed by atoms with E-state index in [9.17, 15) is 29.2 Å². The molecule has 1 fully saturated rings. The van der Waals surface area contributed by atoms with Gasteiger partial charge in [-0.15, -0.1) is 0 Å². The number of nitrogens with zero attached hydrogens (tertiary/aromatic N) is 1. The summed E-state index contributed by atoms with van der Waals surface area (Å²) in [5.74, 6) is -0.515. The Labute approximate surface area is 206 Å². The summed E-state index contributed by atoms with van der Waals surface area (Å²) in [5, 5.41) is 24.0. The fourth-order valence-electron chi connectivity index (χ4n) is 3.50. The SMILES string of the molecule is CC(C)OC(=O)[C@H](C)NP(=O)(OC[C@H]1O[C@@H](n2ccc(=O)[nH]c2=O)C(C)(O)[C@@H]1O)Oc1ccccc1. The molecule has 1 aromatic heterocycles. The Hall–Kier alpha value is -2.80. The lowest BCUT2D eigenvalue weighted by atomic mass is 9.96. The quantitative estimate of drug-likeness (QED) is 0.252. The minimum atomic E-state index is -4.26. The fourth-order valence-corrected chi connectivity index (χ4v) is 5.00. The van der Waals surface area contributed by atoms with Crippen LogP contribution in [0.1, 0.15) is 33.9 Å². The first-order valence-electron chi connectivity index (χ1n) is 11.2. The third-order valence-corrected chi connectivity index (χ3v) is 6.94. The van der Waals surface area contributed by atoms with E-state index in [1.807, 2.05) is 4.98 Å². The van der Waals surface area contributed by atoms with Gasteiger partial charge >= 0.3 is 19.4 Å². The third-order valence-electron chi connectivity index (χ3n) is 5.29. The molecule has 4 N–H and O–H groups in total. The van der Waals surface area contributed by atoms with Crippen molar-refractivity contribution in [2.75, 3.05) is 6.61 Å². The number of para-hydroxylation sites is 1. The molecule has 1 saturated heterocycles. The minimum Gasteiger partial charge on any atom is -0.462 e. The molecule has 36 heavy (non-hydrogen) atoms. The van der Waals surface area contributed by atoms with Crippen LogP contribution in [0.3, 0.4) is 0 Å². The van der Waals surface area contributed by atoms with Crippen molar-refractivity contribution >= 4 is 13.7 Å². The molecule has 2 heterocycles. The first kappa shape index (κ1) is 27.8. The molecule has 0 bridgehead atoms. The molecule has 1 aliphatic heterocycles. The van der Waals surface area contributed by atoms with Crippen LogP contribution in [0.5, 0.6) is 5.75 Å². The highest BCUT2D eigenvalue weighted by Gasteiger charge is 2.54. The Balaban J connectivity index is 1.80. The number of aromatic nitrogens is 2. The highest BCUT2D eigenvalue weighted by atomic mass is 31.2. The molecule has 1 aliphatic rings. The summed E-state index contributed by atoms with van der Waals surface area (Å²) < 4.78 is 36.3. The Morgan fingerprint density at radius 3 is 2.53 bits per heavy atom. The molecule has 2 unspecified atom stereocenters. The van der Waals surface area contributed by atoms with Crippen LogP contribution >= 0.6 is 7.75 Å². The summed E-state index contributed by atoms with van der Waals surface area (Å²) >= 11 is 0. The van der Waals surface area contributed by atoms with Crippen LogP contribution in [-0.2, 0) is 23.4 Å². The Morgan fingerprint density at radius 2 is 1.92 bits per heavy atom. The first-order valence-corrected chi connectivity index (χ1v) is 12.7. The molecule has 3 rings (SSSR count). The van der Waals surface area contributed by atoms with Gasteiger partial charge in [0.1, 0.15) is 29.6 Å². The number of aromatic amines is 1. The van der Waals surface area contributed by atoms with Gasteiger partial charge in [0.2, 0.25) is 0 Å². The van der Waals surface area contributed by atoms with Crippen LogP contribution in [0.25, 0.3) is 0 Å². The number of benzene rings is 1. The number of nitrogens with one attached hydrogen (secondary N) is 2. The molecule has 2 aromatic rings. The van der Waals surface area contributed by atoms with E-state index >= 15 is 0 Å². The number of carbonyl (C=O) groups excluding carboxylic acids is 1. The predicted octanol–water partition coefficient (Wildman–Crippen LogP) is 0.679. The molecule has 1 aromatic carbocycles. The van der Waals surface area contributed by atoms with Crippen LogP contribution in [0, 0.1) is 0 Å². The van der Waals surface area contributed by atoms with E-state index in [4.69, 9.17) is 18.5 Å². The van der Waals surface area contributed by atoms with Crippen LogP contribution in [-0.4, -0.2) is 62.3 Å². The Morgan fingerprint density at radius 1 is 1.25 bits per heavy atom. The maximum Gasteiger partial charge on any atom is 0.459 e. The maximum atomic E-state index is 13.6. The van der Waals surface area contributed by atoms with Gasteiger partial charge in [0, 0.05) is 12.3 Å². The van der Waals surface area contributed by atoms with Crippen molar-refractivity contribution in [3.05, 3.63) is 63.4 Å². The second kappa shape index (κ2) is 11.1. The molecular formula is C22H30N3O10P. The first-order chi connectivity index (χ1) is 16.8. The highest BCUT2D eigenvalue weighted by molar-refractivity contribution is 7.52. The molecule has 0 amide bonds. The zero-order valence-electron chi connectivity index (χ0n) is 20.2. The van der Waals surface area contributed by atoms with Crippen LogP contribution < -0.4 is 20.9 Å². The monoisotopic (exact) mass is 527 g/mol. The second-order valence-electron chi connectivity index (χ2n) is 8.75. The second-order valence-corrected chi connectivity index (χ2v) is 10.4. The molecule has 0 radical (unpaired) electrons. The third kappa shape index (κ3) is 6.49. The number of carbonyl (C=O) groups is 1. The fraction of sp³-hybridized carbons (Fsp3) is 0.500. The van der Waals surface area contributed by atoms with Gasteiger partial charge in [-0.2, -0.15) is 5.09 Å². The molecule has 13 nitrogen and oxygen atoms in total.